The predicted molar refractivity (Wildman–Crippen MR) is 77.4 cm³/mol. The summed E-state index contributed by atoms with van der Waals surface area (Å²) in [5, 5.41) is 8.93. The fraction of sp³-hybridized carbons (Fsp3) is 0.400. The molecule has 1 heterocycles. The molecule has 0 unspecified atom stereocenters. The largest absolute Gasteiger partial charge is 0.396 e. The summed E-state index contributed by atoms with van der Waals surface area (Å²) in [6.45, 7) is 4.57. The van der Waals surface area contributed by atoms with Crippen LogP contribution < -0.4 is 0 Å². The molecule has 0 aliphatic heterocycles. The van der Waals surface area contributed by atoms with Gasteiger partial charge >= 0.3 is 0 Å². The lowest BCUT2D eigenvalue weighted by Gasteiger charge is -2.26. The van der Waals surface area contributed by atoms with E-state index in [9.17, 15) is 4.79 Å². The van der Waals surface area contributed by atoms with E-state index in [1.165, 1.54) is 0 Å². The zero-order valence-electron chi connectivity index (χ0n) is 11.8. The van der Waals surface area contributed by atoms with E-state index in [2.05, 4.69) is 9.97 Å². The maximum atomic E-state index is 12.5. The van der Waals surface area contributed by atoms with Gasteiger partial charge in [-0.25, -0.2) is 0 Å². The lowest BCUT2D eigenvalue weighted by molar-refractivity contribution is 0.0693. The van der Waals surface area contributed by atoms with E-state index in [0.717, 1.165) is 5.52 Å². The fourth-order valence-electron chi connectivity index (χ4n) is 2.10. The van der Waals surface area contributed by atoms with Crippen molar-refractivity contribution in [3.05, 3.63) is 36.2 Å². The topological polar surface area (TPSA) is 66.3 Å². The van der Waals surface area contributed by atoms with Gasteiger partial charge in [-0.15, -0.1) is 0 Å². The first-order valence-electron chi connectivity index (χ1n) is 6.76. The molecule has 2 aromatic rings. The first-order valence-corrected chi connectivity index (χ1v) is 6.76. The van der Waals surface area contributed by atoms with Crippen molar-refractivity contribution < 1.29 is 9.90 Å². The summed E-state index contributed by atoms with van der Waals surface area (Å²) < 4.78 is 0. The molecule has 0 saturated heterocycles. The van der Waals surface area contributed by atoms with Gasteiger partial charge in [0, 0.05) is 37.2 Å². The molecule has 2 rings (SSSR count). The highest BCUT2D eigenvalue weighted by Crippen LogP contribution is 2.14. The summed E-state index contributed by atoms with van der Waals surface area (Å²) in [4.78, 5) is 22.7. The van der Waals surface area contributed by atoms with E-state index in [4.69, 9.17) is 5.11 Å². The third kappa shape index (κ3) is 3.11. The van der Waals surface area contributed by atoms with E-state index in [-0.39, 0.29) is 18.6 Å². The summed E-state index contributed by atoms with van der Waals surface area (Å²) in [7, 11) is 0. The van der Waals surface area contributed by atoms with Crippen LogP contribution >= 0.6 is 0 Å². The van der Waals surface area contributed by atoms with Gasteiger partial charge in [0.25, 0.3) is 5.91 Å². The Bertz CT molecular complexity index is 598. The van der Waals surface area contributed by atoms with Crippen molar-refractivity contribution in [3.63, 3.8) is 0 Å². The van der Waals surface area contributed by atoms with Crippen molar-refractivity contribution >= 4 is 16.9 Å². The van der Waals surface area contributed by atoms with Crippen LogP contribution in [0.1, 0.15) is 30.6 Å². The van der Waals surface area contributed by atoms with Gasteiger partial charge in [0.05, 0.1) is 11.0 Å². The van der Waals surface area contributed by atoms with Gasteiger partial charge in [-0.3, -0.25) is 14.8 Å². The van der Waals surface area contributed by atoms with Crippen LogP contribution in [0.15, 0.2) is 30.6 Å². The number of hydrogen-bond acceptors (Lipinski definition) is 4. The van der Waals surface area contributed by atoms with E-state index in [0.29, 0.717) is 24.0 Å². The van der Waals surface area contributed by atoms with Crippen molar-refractivity contribution in [1.82, 2.24) is 14.9 Å². The first kappa shape index (κ1) is 14.4. The lowest BCUT2D eigenvalue weighted by Crippen LogP contribution is -2.38. The molecule has 5 heteroatoms. The number of amides is 1. The molecule has 1 aromatic carbocycles. The Morgan fingerprint density at radius 2 is 1.95 bits per heavy atom. The van der Waals surface area contributed by atoms with Crippen molar-refractivity contribution in [3.8, 4) is 0 Å². The van der Waals surface area contributed by atoms with E-state index < -0.39 is 0 Å². The van der Waals surface area contributed by atoms with Gasteiger partial charge < -0.3 is 10.0 Å². The van der Waals surface area contributed by atoms with Crippen LogP contribution in [0, 0.1) is 0 Å². The molecule has 5 nitrogen and oxygen atoms in total. The molecular formula is C15H19N3O2. The monoisotopic (exact) mass is 273 g/mol. The Kier molecular flexibility index (Phi) is 4.63. The number of aromatic nitrogens is 2. The van der Waals surface area contributed by atoms with Crippen molar-refractivity contribution in [2.24, 2.45) is 0 Å². The molecule has 0 radical (unpaired) electrons. The van der Waals surface area contributed by atoms with Crippen molar-refractivity contribution in [2.75, 3.05) is 13.2 Å². The highest BCUT2D eigenvalue weighted by atomic mass is 16.3. The Labute approximate surface area is 118 Å². The number of benzene rings is 1. The predicted octanol–water partition coefficient (Wildman–Crippen LogP) is 1.86. The SMILES string of the molecule is CC(C)N(CCCO)C(=O)c1ccc2nccnc2c1. The average Bonchev–Trinajstić information content (AvgIpc) is 2.46. The Balaban J connectivity index is 2.28. The number of carbonyl (C=O) groups is 1. The van der Waals surface area contributed by atoms with Gasteiger partial charge in [-0.2, -0.15) is 0 Å². The van der Waals surface area contributed by atoms with E-state index >= 15 is 0 Å². The van der Waals surface area contributed by atoms with E-state index in [1.54, 1.807) is 35.5 Å². The average molecular weight is 273 g/mol. The van der Waals surface area contributed by atoms with Crippen molar-refractivity contribution in [2.45, 2.75) is 26.3 Å². The molecule has 0 saturated carbocycles. The zero-order valence-corrected chi connectivity index (χ0v) is 11.8. The van der Waals surface area contributed by atoms with E-state index in [1.807, 2.05) is 13.8 Å². The van der Waals surface area contributed by atoms with Crippen LogP contribution in [-0.2, 0) is 0 Å². The molecule has 0 aliphatic carbocycles. The number of carbonyl (C=O) groups excluding carboxylic acids is 1. The third-order valence-corrected chi connectivity index (χ3v) is 3.16. The minimum atomic E-state index is -0.0407. The van der Waals surface area contributed by atoms with Gasteiger partial charge in [-0.1, -0.05) is 0 Å². The van der Waals surface area contributed by atoms with Gasteiger partial charge in [0.2, 0.25) is 0 Å². The smallest absolute Gasteiger partial charge is 0.254 e. The maximum absolute atomic E-state index is 12.5. The minimum absolute atomic E-state index is 0.0407. The number of aliphatic hydroxyl groups is 1. The summed E-state index contributed by atoms with van der Waals surface area (Å²) in [6.07, 6.45) is 3.82. The van der Waals surface area contributed by atoms with Crippen molar-refractivity contribution in [1.29, 1.82) is 0 Å². The number of aliphatic hydroxyl groups excluding tert-OH is 1. The minimum Gasteiger partial charge on any atom is -0.396 e. The number of fused-ring (bicyclic) bond motifs is 1. The van der Waals surface area contributed by atoms with Crippen LogP contribution in [-0.4, -0.2) is 45.1 Å². The van der Waals surface area contributed by atoms with Gasteiger partial charge in [-0.05, 0) is 38.5 Å². The number of nitrogens with zero attached hydrogens (tertiary/aromatic N) is 3. The summed E-state index contributed by atoms with van der Waals surface area (Å²) in [6, 6.07) is 5.43. The highest BCUT2D eigenvalue weighted by molar-refractivity contribution is 5.97. The molecule has 0 bridgehead atoms. The normalized spacial score (nSPS) is 11.0. The molecular weight excluding hydrogens is 254 g/mol. The molecule has 106 valence electrons. The molecule has 0 aliphatic rings. The molecule has 20 heavy (non-hydrogen) atoms. The van der Waals surface area contributed by atoms with Crippen LogP contribution in [0.4, 0.5) is 0 Å². The Hall–Kier alpha value is -2.01. The summed E-state index contributed by atoms with van der Waals surface area (Å²) in [5.74, 6) is -0.0407. The second kappa shape index (κ2) is 6.43. The molecule has 1 N–H and O–H groups in total. The lowest BCUT2D eigenvalue weighted by atomic mass is 10.1. The summed E-state index contributed by atoms with van der Waals surface area (Å²) in [5.41, 5.74) is 2.09. The number of rotatable bonds is 5. The second-order valence-corrected chi connectivity index (χ2v) is 4.93. The van der Waals surface area contributed by atoms with Crippen LogP contribution in [0.3, 0.4) is 0 Å². The van der Waals surface area contributed by atoms with Crippen LogP contribution in [0.25, 0.3) is 11.0 Å². The molecule has 1 amide bonds. The summed E-state index contributed by atoms with van der Waals surface area (Å²) >= 11 is 0. The third-order valence-electron chi connectivity index (χ3n) is 3.16. The van der Waals surface area contributed by atoms with Crippen LogP contribution in [0.5, 0.6) is 0 Å². The molecule has 0 fully saturated rings. The second-order valence-electron chi connectivity index (χ2n) is 4.93. The quantitative estimate of drug-likeness (QED) is 0.903. The first-order chi connectivity index (χ1) is 9.63. The molecule has 0 atom stereocenters. The maximum Gasteiger partial charge on any atom is 0.254 e. The number of hydrogen-bond donors (Lipinski definition) is 1. The molecule has 1 aromatic heterocycles. The zero-order chi connectivity index (χ0) is 14.5. The van der Waals surface area contributed by atoms with Crippen LogP contribution in [0.2, 0.25) is 0 Å². The van der Waals surface area contributed by atoms with Gasteiger partial charge in [0.1, 0.15) is 0 Å². The Morgan fingerprint density at radius 1 is 1.25 bits per heavy atom. The Morgan fingerprint density at radius 3 is 2.60 bits per heavy atom. The fourth-order valence-corrected chi connectivity index (χ4v) is 2.10. The standard InChI is InChI=1S/C15H19N3O2/c1-11(2)18(8-3-9-19)15(20)12-4-5-13-14(10-12)17-7-6-16-13/h4-7,10-11,19H,3,8-9H2,1-2H3. The highest BCUT2D eigenvalue weighted by Gasteiger charge is 2.18. The molecule has 0 spiro atoms. The van der Waals surface area contributed by atoms with Gasteiger partial charge in [0.15, 0.2) is 0 Å².